The van der Waals surface area contributed by atoms with Gasteiger partial charge in [0.1, 0.15) is 17.7 Å². The second-order valence-electron chi connectivity index (χ2n) is 4.95. The third kappa shape index (κ3) is 4.27. The number of rotatable bonds is 6. The van der Waals surface area contributed by atoms with E-state index in [-0.39, 0.29) is 0 Å². The minimum absolute atomic E-state index is 0.395. The van der Waals surface area contributed by atoms with Crippen molar-refractivity contribution in [3.05, 3.63) is 53.5 Å². The SMILES string of the molecule is CCc1nc(C)cc(N[C@@H](Cc2ccccc2)C(N)=O)n1. The molecule has 2 aromatic rings. The second-order valence-corrected chi connectivity index (χ2v) is 4.95. The number of nitrogens with zero attached hydrogens (tertiary/aromatic N) is 2. The van der Waals surface area contributed by atoms with E-state index in [4.69, 9.17) is 5.73 Å². The van der Waals surface area contributed by atoms with Gasteiger partial charge >= 0.3 is 0 Å². The van der Waals surface area contributed by atoms with Crippen LogP contribution in [0.2, 0.25) is 0 Å². The third-order valence-electron chi connectivity index (χ3n) is 3.16. The van der Waals surface area contributed by atoms with Crippen LogP contribution >= 0.6 is 0 Å². The van der Waals surface area contributed by atoms with Crippen LogP contribution in [-0.2, 0) is 17.6 Å². The van der Waals surface area contributed by atoms with E-state index in [0.29, 0.717) is 12.2 Å². The van der Waals surface area contributed by atoms with Crippen LogP contribution in [0.4, 0.5) is 5.82 Å². The summed E-state index contributed by atoms with van der Waals surface area (Å²) < 4.78 is 0. The van der Waals surface area contributed by atoms with E-state index in [1.54, 1.807) is 0 Å². The fourth-order valence-corrected chi connectivity index (χ4v) is 2.11. The summed E-state index contributed by atoms with van der Waals surface area (Å²) in [6.45, 7) is 3.90. The molecule has 5 heteroatoms. The minimum atomic E-state index is -0.494. The predicted molar refractivity (Wildman–Crippen MR) is 82.9 cm³/mol. The quantitative estimate of drug-likeness (QED) is 0.848. The molecule has 0 aliphatic heterocycles. The zero-order valence-electron chi connectivity index (χ0n) is 12.3. The van der Waals surface area contributed by atoms with Crippen molar-refractivity contribution < 1.29 is 4.79 Å². The Balaban J connectivity index is 2.16. The number of primary amides is 1. The molecule has 1 atom stereocenters. The van der Waals surface area contributed by atoms with Gasteiger partial charge in [0.25, 0.3) is 0 Å². The summed E-state index contributed by atoms with van der Waals surface area (Å²) >= 11 is 0. The van der Waals surface area contributed by atoms with Gasteiger partial charge in [-0.25, -0.2) is 9.97 Å². The number of benzene rings is 1. The number of aromatic nitrogens is 2. The average Bonchev–Trinajstić information content (AvgIpc) is 2.47. The van der Waals surface area contributed by atoms with Crippen molar-refractivity contribution in [1.29, 1.82) is 0 Å². The van der Waals surface area contributed by atoms with Crippen LogP contribution in [0, 0.1) is 6.92 Å². The largest absolute Gasteiger partial charge is 0.368 e. The summed E-state index contributed by atoms with van der Waals surface area (Å²) in [6.07, 6.45) is 1.27. The molecule has 0 unspecified atom stereocenters. The molecule has 3 N–H and O–H groups in total. The Morgan fingerprint density at radius 2 is 2.00 bits per heavy atom. The molecule has 1 amide bonds. The molecule has 0 spiro atoms. The summed E-state index contributed by atoms with van der Waals surface area (Å²) in [7, 11) is 0. The lowest BCUT2D eigenvalue weighted by Crippen LogP contribution is -2.37. The van der Waals surface area contributed by atoms with Gasteiger partial charge in [0.05, 0.1) is 0 Å². The molecular weight excluding hydrogens is 264 g/mol. The number of amides is 1. The van der Waals surface area contributed by atoms with Gasteiger partial charge in [0, 0.05) is 24.6 Å². The Morgan fingerprint density at radius 3 is 2.62 bits per heavy atom. The molecule has 5 nitrogen and oxygen atoms in total. The highest BCUT2D eigenvalue weighted by Gasteiger charge is 2.16. The smallest absolute Gasteiger partial charge is 0.240 e. The van der Waals surface area contributed by atoms with Crippen LogP contribution in [0.25, 0.3) is 0 Å². The summed E-state index contributed by atoms with van der Waals surface area (Å²) in [4.78, 5) is 20.4. The Kier molecular flexibility index (Phi) is 4.87. The molecule has 0 saturated heterocycles. The molecule has 1 heterocycles. The van der Waals surface area contributed by atoms with Crippen LogP contribution in [-0.4, -0.2) is 21.9 Å². The van der Waals surface area contributed by atoms with E-state index in [1.807, 2.05) is 50.2 Å². The van der Waals surface area contributed by atoms with E-state index < -0.39 is 11.9 Å². The number of nitrogens with two attached hydrogens (primary N) is 1. The van der Waals surface area contributed by atoms with Crippen LogP contribution in [0.5, 0.6) is 0 Å². The number of carbonyl (C=O) groups excluding carboxylic acids is 1. The van der Waals surface area contributed by atoms with Gasteiger partial charge in [-0.1, -0.05) is 37.3 Å². The maximum Gasteiger partial charge on any atom is 0.240 e. The molecular formula is C16H20N4O. The highest BCUT2D eigenvalue weighted by molar-refractivity contribution is 5.83. The molecule has 0 aliphatic carbocycles. The molecule has 0 radical (unpaired) electrons. The highest BCUT2D eigenvalue weighted by Crippen LogP contribution is 2.11. The van der Waals surface area contributed by atoms with Crippen LogP contribution in [0.1, 0.15) is 24.0 Å². The molecule has 0 bridgehead atoms. The van der Waals surface area contributed by atoms with Gasteiger partial charge in [-0.05, 0) is 12.5 Å². The third-order valence-corrected chi connectivity index (χ3v) is 3.16. The van der Waals surface area contributed by atoms with Gasteiger partial charge in [0.2, 0.25) is 5.91 Å². The number of carbonyl (C=O) groups is 1. The lowest BCUT2D eigenvalue weighted by Gasteiger charge is -2.17. The van der Waals surface area contributed by atoms with Gasteiger partial charge in [-0.15, -0.1) is 0 Å². The molecule has 0 fully saturated rings. The van der Waals surface area contributed by atoms with Gasteiger partial charge < -0.3 is 11.1 Å². The fraction of sp³-hybridized carbons (Fsp3) is 0.312. The van der Waals surface area contributed by atoms with Crippen molar-refractivity contribution in [1.82, 2.24) is 9.97 Å². The average molecular weight is 284 g/mol. The van der Waals surface area contributed by atoms with Gasteiger partial charge in [-0.2, -0.15) is 0 Å². The molecule has 110 valence electrons. The summed E-state index contributed by atoms with van der Waals surface area (Å²) in [5.74, 6) is 0.993. The number of hydrogen-bond acceptors (Lipinski definition) is 4. The van der Waals surface area contributed by atoms with Gasteiger partial charge in [-0.3, -0.25) is 4.79 Å². The van der Waals surface area contributed by atoms with E-state index in [2.05, 4.69) is 15.3 Å². The maximum absolute atomic E-state index is 11.7. The molecule has 1 aromatic heterocycles. The zero-order valence-corrected chi connectivity index (χ0v) is 12.3. The van der Waals surface area contributed by atoms with Crippen molar-refractivity contribution in [2.75, 3.05) is 5.32 Å². The summed E-state index contributed by atoms with van der Waals surface area (Å²) in [6, 6.07) is 11.1. The standard InChI is InChI=1S/C16H20N4O/c1-3-14-18-11(2)9-15(20-14)19-13(16(17)21)10-12-7-5-4-6-8-12/h4-9,13H,3,10H2,1-2H3,(H2,17,21)(H,18,19,20)/t13-/m0/s1. The number of hydrogen-bond donors (Lipinski definition) is 2. The van der Waals surface area contributed by atoms with Crippen molar-refractivity contribution >= 4 is 11.7 Å². The number of aryl methyl sites for hydroxylation is 2. The lowest BCUT2D eigenvalue weighted by atomic mass is 10.1. The first-order valence-corrected chi connectivity index (χ1v) is 7.03. The van der Waals surface area contributed by atoms with Crippen LogP contribution < -0.4 is 11.1 Å². The molecule has 1 aromatic carbocycles. The molecule has 0 aliphatic rings. The van der Waals surface area contributed by atoms with Crippen LogP contribution in [0.3, 0.4) is 0 Å². The summed E-state index contributed by atoms with van der Waals surface area (Å²) in [5, 5.41) is 3.12. The Hall–Kier alpha value is -2.43. The Bertz CT molecular complexity index is 613. The van der Waals surface area contributed by atoms with E-state index in [1.165, 1.54) is 0 Å². The fourth-order valence-electron chi connectivity index (χ4n) is 2.11. The van der Waals surface area contributed by atoms with E-state index in [9.17, 15) is 4.79 Å². The second kappa shape index (κ2) is 6.83. The minimum Gasteiger partial charge on any atom is -0.368 e. The topological polar surface area (TPSA) is 80.9 Å². The van der Waals surface area contributed by atoms with Crippen molar-refractivity contribution in [2.45, 2.75) is 32.7 Å². The lowest BCUT2D eigenvalue weighted by molar-refractivity contribution is -0.118. The Labute approximate surface area is 124 Å². The molecule has 21 heavy (non-hydrogen) atoms. The molecule has 2 rings (SSSR count). The number of anilines is 1. The first-order valence-electron chi connectivity index (χ1n) is 7.03. The number of nitrogens with one attached hydrogen (secondary N) is 1. The van der Waals surface area contributed by atoms with Crippen LogP contribution in [0.15, 0.2) is 36.4 Å². The Morgan fingerprint density at radius 1 is 1.29 bits per heavy atom. The monoisotopic (exact) mass is 284 g/mol. The maximum atomic E-state index is 11.7. The molecule has 0 saturated carbocycles. The zero-order chi connectivity index (χ0) is 15.2. The van der Waals surface area contributed by atoms with Crippen molar-refractivity contribution in [2.24, 2.45) is 5.73 Å². The first kappa shape index (κ1) is 15.0. The predicted octanol–water partition coefficient (Wildman–Crippen LogP) is 1.86. The first-order chi connectivity index (χ1) is 10.1. The van der Waals surface area contributed by atoms with Gasteiger partial charge in [0.15, 0.2) is 0 Å². The van der Waals surface area contributed by atoms with Crippen molar-refractivity contribution in [3.8, 4) is 0 Å². The summed E-state index contributed by atoms with van der Waals surface area (Å²) in [5.41, 5.74) is 7.42. The normalized spacial score (nSPS) is 11.9. The van der Waals surface area contributed by atoms with E-state index in [0.717, 1.165) is 23.5 Å². The highest BCUT2D eigenvalue weighted by atomic mass is 16.1. The van der Waals surface area contributed by atoms with Crippen molar-refractivity contribution in [3.63, 3.8) is 0 Å². The van der Waals surface area contributed by atoms with E-state index >= 15 is 0 Å².